The molecular weight excluding hydrogens is 564 g/mol. The number of carbonyl (C=O) groups excluding carboxylic acids is 4. The smallest absolute Gasteiger partial charge is 0.410 e. The normalized spacial score (nSPS) is 23.0. The van der Waals surface area contributed by atoms with E-state index in [1.807, 2.05) is 76.8 Å². The van der Waals surface area contributed by atoms with Crippen LogP contribution in [0.3, 0.4) is 0 Å². The maximum atomic E-state index is 13.5. The summed E-state index contributed by atoms with van der Waals surface area (Å²) >= 11 is 0. The molecule has 1 aromatic rings. The van der Waals surface area contributed by atoms with E-state index in [0.717, 1.165) is 12.1 Å². The van der Waals surface area contributed by atoms with Gasteiger partial charge in [0.05, 0.1) is 19.6 Å². The number of hydrogen-bond donors (Lipinski definition) is 0. The highest BCUT2D eigenvalue weighted by Crippen LogP contribution is 2.31. The first-order valence-electron chi connectivity index (χ1n) is 15.9. The number of nitrogens with zero attached hydrogens (tertiary/aromatic N) is 4. The van der Waals surface area contributed by atoms with Crippen LogP contribution in [0.2, 0.25) is 0 Å². The molecule has 11 nitrogen and oxygen atoms in total. The largest absolute Gasteiger partial charge is 0.456 e. The number of benzene rings is 1. The molecule has 0 aliphatic carbocycles. The van der Waals surface area contributed by atoms with E-state index in [1.54, 1.807) is 9.80 Å². The lowest BCUT2D eigenvalue weighted by Gasteiger charge is -2.49. The Hall–Kier alpha value is -3.34. The zero-order valence-corrected chi connectivity index (χ0v) is 27.4. The molecule has 0 unspecified atom stereocenters. The first-order chi connectivity index (χ1) is 20.6. The van der Waals surface area contributed by atoms with Gasteiger partial charge in [0.15, 0.2) is 6.54 Å². The summed E-state index contributed by atoms with van der Waals surface area (Å²) < 4.78 is 17.2. The van der Waals surface area contributed by atoms with Crippen LogP contribution in [0.25, 0.3) is 0 Å². The topological polar surface area (TPSA) is 106 Å². The number of piperazine rings is 1. The van der Waals surface area contributed by atoms with Gasteiger partial charge in [-0.2, -0.15) is 0 Å². The van der Waals surface area contributed by atoms with Gasteiger partial charge in [-0.1, -0.05) is 30.3 Å². The van der Waals surface area contributed by atoms with Crippen molar-refractivity contribution >= 4 is 24.1 Å². The Kier molecular flexibility index (Phi) is 10.5. The molecular formula is C33H51N4O7+. The lowest BCUT2D eigenvalue weighted by Crippen LogP contribution is -2.64. The minimum Gasteiger partial charge on any atom is -0.456 e. The van der Waals surface area contributed by atoms with Crippen LogP contribution < -0.4 is 0 Å². The molecule has 0 N–H and O–H groups in total. The Balaban J connectivity index is 1.28. The van der Waals surface area contributed by atoms with Crippen molar-refractivity contribution in [3.05, 3.63) is 35.9 Å². The maximum absolute atomic E-state index is 13.5. The van der Waals surface area contributed by atoms with Gasteiger partial charge in [0, 0.05) is 63.9 Å². The third-order valence-electron chi connectivity index (χ3n) is 8.45. The standard InChI is InChI=1S/C33H51N4O7/c1-32(2,3)43-28(38)23-37(22-26-20-36(21-26)31(41)44-33(4,5)6)18-12-27(13-19-37)29(39)34-14-16-35(17-15-34)30(40)42-24-25-10-8-7-9-11-25/h7-11,26-27H,12-24H2,1-6H3/q+1. The summed E-state index contributed by atoms with van der Waals surface area (Å²) in [5, 5.41) is 0. The lowest BCUT2D eigenvalue weighted by atomic mass is 9.90. The Morgan fingerprint density at radius 3 is 1.91 bits per heavy atom. The van der Waals surface area contributed by atoms with Crippen LogP contribution in [0.4, 0.5) is 9.59 Å². The highest BCUT2D eigenvalue weighted by Gasteiger charge is 2.45. The Morgan fingerprint density at radius 2 is 1.34 bits per heavy atom. The van der Waals surface area contributed by atoms with Crippen LogP contribution in [-0.2, 0) is 30.4 Å². The fraction of sp³-hybridized carbons (Fsp3) is 0.697. The number of amides is 3. The molecule has 0 radical (unpaired) electrons. The summed E-state index contributed by atoms with van der Waals surface area (Å²) in [4.78, 5) is 56.8. The Bertz CT molecular complexity index is 1150. The maximum Gasteiger partial charge on any atom is 0.410 e. The van der Waals surface area contributed by atoms with Gasteiger partial charge in [0.25, 0.3) is 0 Å². The Morgan fingerprint density at radius 1 is 0.773 bits per heavy atom. The average molecular weight is 616 g/mol. The molecule has 0 bridgehead atoms. The number of quaternary nitrogens is 1. The van der Waals surface area contributed by atoms with Gasteiger partial charge < -0.3 is 33.4 Å². The van der Waals surface area contributed by atoms with Crippen LogP contribution >= 0.6 is 0 Å². The van der Waals surface area contributed by atoms with E-state index in [4.69, 9.17) is 14.2 Å². The van der Waals surface area contributed by atoms with E-state index < -0.39 is 11.2 Å². The van der Waals surface area contributed by atoms with E-state index in [1.165, 1.54) is 0 Å². The van der Waals surface area contributed by atoms with Crippen LogP contribution in [0.1, 0.15) is 59.9 Å². The molecule has 0 aromatic heterocycles. The quantitative estimate of drug-likeness (QED) is 0.260. The second kappa shape index (κ2) is 13.7. The predicted octanol–water partition coefficient (Wildman–Crippen LogP) is 3.90. The molecule has 1 aromatic carbocycles. The molecule has 3 heterocycles. The molecule has 4 rings (SSSR count). The Labute approximate surface area is 262 Å². The summed E-state index contributed by atoms with van der Waals surface area (Å²) in [6, 6.07) is 9.57. The third kappa shape index (κ3) is 9.58. The zero-order valence-electron chi connectivity index (χ0n) is 27.4. The van der Waals surface area contributed by atoms with Crippen LogP contribution in [0, 0.1) is 11.8 Å². The van der Waals surface area contributed by atoms with E-state index >= 15 is 0 Å². The molecule has 3 fully saturated rings. The molecule has 0 atom stereocenters. The monoisotopic (exact) mass is 615 g/mol. The van der Waals surface area contributed by atoms with Gasteiger partial charge in [-0.05, 0) is 47.1 Å². The average Bonchev–Trinajstić information content (AvgIpc) is 2.92. The first-order valence-corrected chi connectivity index (χ1v) is 15.9. The molecule has 244 valence electrons. The van der Waals surface area contributed by atoms with Crippen molar-refractivity contribution in [1.82, 2.24) is 14.7 Å². The third-order valence-corrected chi connectivity index (χ3v) is 8.45. The summed E-state index contributed by atoms with van der Waals surface area (Å²) in [6.45, 7) is 16.9. The fourth-order valence-electron chi connectivity index (χ4n) is 6.30. The number of hydrogen-bond acceptors (Lipinski definition) is 7. The highest BCUT2D eigenvalue weighted by molar-refractivity contribution is 5.79. The first kappa shape index (κ1) is 33.6. The summed E-state index contributed by atoms with van der Waals surface area (Å²) in [5.74, 6) is 0.0287. The van der Waals surface area contributed by atoms with Gasteiger partial charge >= 0.3 is 18.2 Å². The summed E-state index contributed by atoms with van der Waals surface area (Å²) in [5.41, 5.74) is -0.180. The molecule has 0 spiro atoms. The van der Waals surface area contributed by atoms with Gasteiger partial charge in [0.1, 0.15) is 17.8 Å². The number of likely N-dealkylation sites (tertiary alicyclic amines) is 2. The van der Waals surface area contributed by atoms with Crippen LogP contribution in [-0.4, -0.2) is 120 Å². The van der Waals surface area contributed by atoms with E-state index in [9.17, 15) is 19.2 Å². The molecule has 3 amide bonds. The zero-order chi connectivity index (χ0) is 32.1. The number of esters is 1. The van der Waals surface area contributed by atoms with Crippen molar-refractivity contribution in [2.45, 2.75) is 72.2 Å². The summed E-state index contributed by atoms with van der Waals surface area (Å²) in [6.07, 6.45) is 0.706. The van der Waals surface area contributed by atoms with Crippen molar-refractivity contribution in [2.75, 3.05) is 65.4 Å². The number of rotatable bonds is 7. The van der Waals surface area contributed by atoms with Gasteiger partial charge in [-0.3, -0.25) is 4.79 Å². The van der Waals surface area contributed by atoms with Gasteiger partial charge in [0.2, 0.25) is 5.91 Å². The molecule has 3 saturated heterocycles. The van der Waals surface area contributed by atoms with Crippen LogP contribution in [0.5, 0.6) is 0 Å². The van der Waals surface area contributed by atoms with E-state index in [2.05, 4.69) is 0 Å². The molecule has 3 aliphatic heterocycles. The van der Waals surface area contributed by atoms with E-state index in [-0.39, 0.29) is 49.1 Å². The molecule has 11 heteroatoms. The minimum atomic E-state index is -0.574. The molecule has 3 aliphatic rings. The van der Waals surface area contributed by atoms with Crippen molar-refractivity contribution in [3.63, 3.8) is 0 Å². The second-order valence-corrected chi connectivity index (χ2v) is 14.6. The molecule has 44 heavy (non-hydrogen) atoms. The van der Waals surface area contributed by atoms with Crippen molar-refractivity contribution in [3.8, 4) is 0 Å². The predicted molar refractivity (Wildman–Crippen MR) is 164 cm³/mol. The lowest BCUT2D eigenvalue weighted by molar-refractivity contribution is -0.930. The highest BCUT2D eigenvalue weighted by atomic mass is 16.6. The number of ether oxygens (including phenoxy) is 3. The van der Waals surface area contributed by atoms with Crippen molar-refractivity contribution < 1.29 is 37.9 Å². The fourth-order valence-corrected chi connectivity index (χ4v) is 6.30. The van der Waals surface area contributed by atoms with Crippen molar-refractivity contribution in [1.29, 1.82) is 0 Å². The SMILES string of the molecule is CC(C)(C)OC(=O)C[N+]1(CC2CN(C(=O)OC(C)(C)C)C2)CCC(C(=O)N2CCN(C(=O)OCc3ccccc3)CC2)CC1. The second-order valence-electron chi connectivity index (χ2n) is 14.6. The summed E-state index contributed by atoms with van der Waals surface area (Å²) in [7, 11) is 0. The van der Waals surface area contributed by atoms with Crippen LogP contribution in [0.15, 0.2) is 30.3 Å². The van der Waals surface area contributed by atoms with Gasteiger partial charge in [-0.15, -0.1) is 0 Å². The van der Waals surface area contributed by atoms with E-state index in [0.29, 0.717) is 69.7 Å². The number of piperidine rings is 1. The van der Waals surface area contributed by atoms with Gasteiger partial charge in [-0.25, -0.2) is 14.4 Å². The minimum absolute atomic E-state index is 0.115. The number of carbonyl (C=O) groups is 4. The van der Waals surface area contributed by atoms with Crippen molar-refractivity contribution in [2.24, 2.45) is 11.8 Å². The molecule has 0 saturated carbocycles.